The van der Waals surface area contributed by atoms with Crippen molar-refractivity contribution in [2.24, 2.45) is 0 Å². The summed E-state index contributed by atoms with van der Waals surface area (Å²) in [6, 6.07) is 9.33. The number of hydrogen-bond acceptors (Lipinski definition) is 6. The van der Waals surface area contributed by atoms with Gasteiger partial charge in [-0.2, -0.15) is 0 Å². The van der Waals surface area contributed by atoms with Gasteiger partial charge in [-0.3, -0.25) is 14.5 Å². The van der Waals surface area contributed by atoms with E-state index >= 15 is 0 Å². The van der Waals surface area contributed by atoms with E-state index in [1.54, 1.807) is 30.5 Å². The molecule has 0 aliphatic carbocycles. The van der Waals surface area contributed by atoms with E-state index in [4.69, 9.17) is 4.74 Å². The van der Waals surface area contributed by atoms with Gasteiger partial charge in [0.05, 0.1) is 24.5 Å². The van der Waals surface area contributed by atoms with Crippen LogP contribution >= 0.6 is 0 Å². The van der Waals surface area contributed by atoms with Gasteiger partial charge in [0, 0.05) is 19.3 Å². The highest BCUT2D eigenvalue weighted by Gasteiger charge is 2.32. The zero-order valence-electron chi connectivity index (χ0n) is 17.0. The molecule has 0 saturated carbocycles. The van der Waals surface area contributed by atoms with Crippen molar-refractivity contribution in [3.05, 3.63) is 66.6 Å². The number of nitrogens with one attached hydrogen (secondary N) is 2. The number of benzene rings is 1. The van der Waals surface area contributed by atoms with Gasteiger partial charge in [0.2, 0.25) is 5.91 Å². The maximum atomic E-state index is 14.8. The molecule has 1 aliphatic rings. The molecule has 0 radical (unpaired) electrons. The summed E-state index contributed by atoms with van der Waals surface area (Å²) >= 11 is 0. The second-order valence-electron chi connectivity index (χ2n) is 7.02. The first-order valence-electron chi connectivity index (χ1n) is 9.69. The number of imidazole rings is 1. The SMILES string of the molecule is CC(=O)NC[C@H]1CN(c2ccc(-n3cnc(C(=O)Nc4ccccn4)c3)c(F)c2)C(=O)O1. The van der Waals surface area contributed by atoms with Crippen LogP contribution in [0.2, 0.25) is 0 Å². The van der Waals surface area contributed by atoms with Crippen molar-refractivity contribution in [3.63, 3.8) is 0 Å². The Morgan fingerprint density at radius 2 is 2.09 bits per heavy atom. The molecule has 3 heterocycles. The van der Waals surface area contributed by atoms with Crippen LogP contribution in [-0.4, -0.2) is 51.6 Å². The smallest absolute Gasteiger partial charge is 0.414 e. The summed E-state index contributed by atoms with van der Waals surface area (Å²) in [5.41, 5.74) is 0.554. The molecule has 1 atom stereocenters. The summed E-state index contributed by atoms with van der Waals surface area (Å²) in [5.74, 6) is -0.959. The summed E-state index contributed by atoms with van der Waals surface area (Å²) < 4.78 is 21.4. The number of carbonyl (C=O) groups excluding carboxylic acids is 3. The molecule has 0 unspecified atom stereocenters. The third kappa shape index (κ3) is 4.56. The predicted octanol–water partition coefficient (Wildman–Crippen LogP) is 2.12. The molecule has 2 aromatic heterocycles. The van der Waals surface area contributed by atoms with Crippen molar-refractivity contribution in [2.75, 3.05) is 23.3 Å². The fourth-order valence-electron chi connectivity index (χ4n) is 3.16. The first kappa shape index (κ1) is 21.0. The number of cyclic esters (lactones) is 1. The molecule has 1 aliphatic heterocycles. The number of amides is 3. The van der Waals surface area contributed by atoms with E-state index < -0.39 is 23.9 Å². The highest BCUT2D eigenvalue weighted by molar-refractivity contribution is 6.02. The fraction of sp³-hybridized carbons (Fsp3) is 0.190. The number of pyridine rings is 1. The lowest BCUT2D eigenvalue weighted by Crippen LogP contribution is -2.33. The van der Waals surface area contributed by atoms with Gasteiger partial charge < -0.3 is 19.9 Å². The molecular formula is C21H19FN6O4. The molecule has 164 valence electrons. The minimum absolute atomic E-state index is 0.0862. The number of rotatable bonds is 6. The Kier molecular flexibility index (Phi) is 5.79. The molecule has 0 bridgehead atoms. The Hall–Kier alpha value is -4.28. The van der Waals surface area contributed by atoms with Gasteiger partial charge in [-0.25, -0.2) is 19.2 Å². The quantitative estimate of drug-likeness (QED) is 0.609. The lowest BCUT2D eigenvalue weighted by Gasteiger charge is -2.14. The molecule has 1 fully saturated rings. The average molecular weight is 438 g/mol. The second-order valence-corrected chi connectivity index (χ2v) is 7.02. The number of aromatic nitrogens is 3. The van der Waals surface area contributed by atoms with Gasteiger partial charge in [0.25, 0.3) is 5.91 Å². The maximum Gasteiger partial charge on any atom is 0.414 e. The summed E-state index contributed by atoms with van der Waals surface area (Å²) in [4.78, 5) is 44.8. The van der Waals surface area contributed by atoms with Crippen LogP contribution in [-0.2, 0) is 9.53 Å². The maximum absolute atomic E-state index is 14.8. The van der Waals surface area contributed by atoms with E-state index in [2.05, 4.69) is 20.6 Å². The second kappa shape index (κ2) is 8.84. The van der Waals surface area contributed by atoms with Crippen molar-refractivity contribution in [1.82, 2.24) is 19.9 Å². The molecule has 3 amide bonds. The van der Waals surface area contributed by atoms with Crippen LogP contribution < -0.4 is 15.5 Å². The fourth-order valence-corrected chi connectivity index (χ4v) is 3.16. The highest BCUT2D eigenvalue weighted by Crippen LogP contribution is 2.25. The number of carbonyl (C=O) groups is 3. The molecule has 32 heavy (non-hydrogen) atoms. The van der Waals surface area contributed by atoms with Crippen LogP contribution in [0.5, 0.6) is 0 Å². The Labute approximate surface area is 182 Å². The molecule has 11 heteroatoms. The monoisotopic (exact) mass is 438 g/mol. The summed E-state index contributed by atoms with van der Waals surface area (Å²) in [5, 5.41) is 5.19. The molecule has 3 aromatic rings. The van der Waals surface area contributed by atoms with Crippen molar-refractivity contribution >= 4 is 29.4 Å². The summed E-state index contributed by atoms with van der Waals surface area (Å²) in [6.07, 6.45) is 3.11. The lowest BCUT2D eigenvalue weighted by molar-refractivity contribution is -0.119. The topological polar surface area (TPSA) is 118 Å². The standard InChI is InChI=1S/C21H19FN6O4/c1-13(29)24-9-15-10-28(21(31)32-15)14-5-6-18(16(22)8-14)27-11-17(25-12-27)20(30)26-19-4-2-3-7-23-19/h2-8,11-12,15H,9-10H2,1H3,(H,24,29)(H,23,26,30)/t15-/m0/s1. The van der Waals surface area contributed by atoms with E-state index in [9.17, 15) is 18.8 Å². The molecule has 1 aromatic carbocycles. The van der Waals surface area contributed by atoms with Gasteiger partial charge in [-0.05, 0) is 30.3 Å². The van der Waals surface area contributed by atoms with Crippen LogP contribution in [0.4, 0.5) is 20.7 Å². The Morgan fingerprint density at radius 1 is 1.25 bits per heavy atom. The number of hydrogen-bond donors (Lipinski definition) is 2. The summed E-state index contributed by atoms with van der Waals surface area (Å²) in [7, 11) is 0. The van der Waals surface area contributed by atoms with Crippen LogP contribution in [0.25, 0.3) is 5.69 Å². The lowest BCUT2D eigenvalue weighted by atomic mass is 10.2. The van der Waals surface area contributed by atoms with Crippen molar-refractivity contribution in [3.8, 4) is 5.69 Å². The van der Waals surface area contributed by atoms with Crippen LogP contribution in [0.1, 0.15) is 17.4 Å². The van der Waals surface area contributed by atoms with Crippen LogP contribution in [0, 0.1) is 5.82 Å². The molecule has 4 rings (SSSR count). The number of nitrogens with zero attached hydrogens (tertiary/aromatic N) is 4. The Bertz CT molecular complexity index is 1170. The van der Waals surface area contributed by atoms with E-state index in [1.807, 2.05) is 0 Å². The Morgan fingerprint density at radius 3 is 2.81 bits per heavy atom. The third-order valence-corrected chi connectivity index (χ3v) is 4.70. The molecule has 0 spiro atoms. The van der Waals surface area contributed by atoms with Crippen molar-refractivity contribution in [2.45, 2.75) is 13.0 Å². The van der Waals surface area contributed by atoms with E-state index in [0.29, 0.717) is 11.5 Å². The minimum atomic E-state index is -0.622. The third-order valence-electron chi connectivity index (χ3n) is 4.70. The largest absolute Gasteiger partial charge is 0.442 e. The first-order valence-corrected chi connectivity index (χ1v) is 9.69. The van der Waals surface area contributed by atoms with Gasteiger partial charge in [0.1, 0.15) is 29.8 Å². The van der Waals surface area contributed by atoms with Crippen molar-refractivity contribution < 1.29 is 23.5 Å². The van der Waals surface area contributed by atoms with E-state index in [1.165, 1.54) is 41.0 Å². The molecule has 1 saturated heterocycles. The predicted molar refractivity (Wildman–Crippen MR) is 112 cm³/mol. The van der Waals surface area contributed by atoms with Gasteiger partial charge in [-0.15, -0.1) is 0 Å². The van der Waals surface area contributed by atoms with E-state index in [-0.39, 0.29) is 30.4 Å². The zero-order chi connectivity index (χ0) is 22.7. The minimum Gasteiger partial charge on any atom is -0.442 e. The average Bonchev–Trinajstić information content (AvgIpc) is 3.40. The van der Waals surface area contributed by atoms with E-state index in [0.717, 1.165) is 0 Å². The first-order chi connectivity index (χ1) is 15.4. The number of ether oxygens (including phenoxy) is 1. The Balaban J connectivity index is 1.46. The summed E-state index contributed by atoms with van der Waals surface area (Å²) in [6.45, 7) is 1.73. The molecular weight excluding hydrogens is 419 g/mol. The highest BCUT2D eigenvalue weighted by atomic mass is 19.1. The normalized spacial score (nSPS) is 15.4. The molecule has 2 N–H and O–H groups in total. The van der Waals surface area contributed by atoms with Gasteiger partial charge in [-0.1, -0.05) is 6.07 Å². The zero-order valence-corrected chi connectivity index (χ0v) is 17.0. The molecule has 10 nitrogen and oxygen atoms in total. The number of halogens is 1. The van der Waals surface area contributed by atoms with Crippen molar-refractivity contribution in [1.29, 1.82) is 0 Å². The van der Waals surface area contributed by atoms with Crippen LogP contribution in [0.3, 0.4) is 0 Å². The van der Waals surface area contributed by atoms with Crippen LogP contribution in [0.15, 0.2) is 55.1 Å². The van der Waals surface area contributed by atoms with Gasteiger partial charge in [0.15, 0.2) is 0 Å². The van der Waals surface area contributed by atoms with Gasteiger partial charge >= 0.3 is 6.09 Å². The number of anilines is 2.